The lowest BCUT2D eigenvalue weighted by atomic mass is 10.1. The number of ether oxygens (including phenoxy) is 2. The van der Waals surface area contributed by atoms with Gasteiger partial charge in [-0.25, -0.2) is 0 Å². The zero-order valence-electron chi connectivity index (χ0n) is 7.11. The fourth-order valence-electron chi connectivity index (χ4n) is 1.75. The van der Waals surface area contributed by atoms with E-state index < -0.39 is 0 Å². The lowest BCUT2D eigenvalue weighted by molar-refractivity contribution is -0.126. The summed E-state index contributed by atoms with van der Waals surface area (Å²) < 4.78 is 10.7. The lowest BCUT2D eigenvalue weighted by Gasteiger charge is -2.41. The van der Waals surface area contributed by atoms with Crippen LogP contribution in [0.1, 0.15) is 0 Å². The number of aliphatic hydroxyl groups is 1. The van der Waals surface area contributed by atoms with Gasteiger partial charge in [0.25, 0.3) is 0 Å². The van der Waals surface area contributed by atoms with Crippen molar-refractivity contribution in [2.75, 3.05) is 39.5 Å². The summed E-state index contributed by atoms with van der Waals surface area (Å²) in [6.45, 7) is 4.25. The Morgan fingerprint density at radius 3 is 3.17 bits per heavy atom. The predicted molar refractivity (Wildman–Crippen MR) is 43.0 cm³/mol. The van der Waals surface area contributed by atoms with Crippen molar-refractivity contribution < 1.29 is 14.6 Å². The van der Waals surface area contributed by atoms with Gasteiger partial charge in [0.1, 0.15) is 0 Å². The molecule has 0 aromatic heterocycles. The Hall–Kier alpha value is -0.160. The molecule has 0 spiro atoms. The predicted octanol–water partition coefficient (Wildman–Crippen LogP) is -0.922. The van der Waals surface area contributed by atoms with Gasteiger partial charge in [0.2, 0.25) is 0 Å². The number of aliphatic hydroxyl groups excluding tert-OH is 1. The highest BCUT2D eigenvalue weighted by molar-refractivity contribution is 4.81. The Kier molecular flexibility index (Phi) is 2.60. The first-order valence-corrected chi connectivity index (χ1v) is 4.44. The zero-order valence-corrected chi connectivity index (χ0v) is 7.11. The minimum absolute atomic E-state index is 0.0133. The molecule has 2 aliphatic rings. The molecule has 1 N–H and O–H groups in total. The molecule has 0 aromatic rings. The minimum Gasteiger partial charge on any atom is -0.394 e. The number of nitrogens with zero attached hydrogens (tertiary/aromatic N) is 1. The maximum absolute atomic E-state index is 8.90. The van der Waals surface area contributed by atoms with Crippen molar-refractivity contribution in [2.45, 2.75) is 12.1 Å². The van der Waals surface area contributed by atoms with Gasteiger partial charge in [0.05, 0.1) is 38.6 Å². The van der Waals surface area contributed by atoms with Gasteiger partial charge in [-0.15, -0.1) is 0 Å². The van der Waals surface area contributed by atoms with Gasteiger partial charge in [-0.2, -0.15) is 0 Å². The zero-order chi connectivity index (χ0) is 8.39. The molecule has 70 valence electrons. The fourth-order valence-corrected chi connectivity index (χ4v) is 1.75. The van der Waals surface area contributed by atoms with E-state index in [4.69, 9.17) is 14.6 Å². The van der Waals surface area contributed by atoms with E-state index in [1.165, 1.54) is 0 Å². The minimum atomic E-state index is 0.0133. The van der Waals surface area contributed by atoms with Crippen LogP contribution < -0.4 is 0 Å². The van der Waals surface area contributed by atoms with Crippen molar-refractivity contribution in [3.8, 4) is 0 Å². The van der Waals surface area contributed by atoms with Gasteiger partial charge >= 0.3 is 0 Å². The standard InChI is InChI=1S/C8H15NO3/c10-4-8-3-9-1-2-11-5-7(9)6-12-8/h7-8,10H,1-6H2/t7-,8-/m0/s1. The average Bonchev–Trinajstić information content (AvgIpc) is 2.17. The van der Waals surface area contributed by atoms with Crippen LogP contribution in [0.5, 0.6) is 0 Å². The monoisotopic (exact) mass is 173 g/mol. The Morgan fingerprint density at radius 1 is 1.42 bits per heavy atom. The lowest BCUT2D eigenvalue weighted by Crippen LogP contribution is -2.56. The molecule has 0 radical (unpaired) electrons. The van der Waals surface area contributed by atoms with Crippen LogP contribution in [-0.2, 0) is 9.47 Å². The van der Waals surface area contributed by atoms with Crippen LogP contribution in [0.2, 0.25) is 0 Å². The SMILES string of the molecule is OC[C@@H]1CN2CCOC[C@H]2CO1. The molecule has 2 rings (SSSR count). The summed E-state index contributed by atoms with van der Waals surface area (Å²) in [6, 6.07) is 0.418. The van der Waals surface area contributed by atoms with E-state index in [2.05, 4.69) is 4.90 Å². The average molecular weight is 173 g/mol. The van der Waals surface area contributed by atoms with Crippen LogP contribution >= 0.6 is 0 Å². The number of hydrogen-bond acceptors (Lipinski definition) is 4. The molecular weight excluding hydrogens is 158 g/mol. The van der Waals surface area contributed by atoms with Gasteiger partial charge in [-0.3, -0.25) is 4.90 Å². The first kappa shape index (κ1) is 8.44. The molecule has 0 bridgehead atoms. The van der Waals surface area contributed by atoms with Gasteiger partial charge in [-0.05, 0) is 0 Å². The number of morpholine rings is 2. The molecule has 0 unspecified atom stereocenters. The van der Waals surface area contributed by atoms with Crippen molar-refractivity contribution in [1.29, 1.82) is 0 Å². The van der Waals surface area contributed by atoms with Crippen molar-refractivity contribution in [3.05, 3.63) is 0 Å². The Bertz CT molecular complexity index is 153. The molecule has 0 aliphatic carbocycles. The van der Waals surface area contributed by atoms with Gasteiger partial charge < -0.3 is 14.6 Å². The van der Waals surface area contributed by atoms with Crippen molar-refractivity contribution >= 4 is 0 Å². The second-order valence-corrected chi connectivity index (χ2v) is 3.36. The molecule has 0 amide bonds. The van der Waals surface area contributed by atoms with Crippen LogP contribution in [0, 0.1) is 0 Å². The van der Waals surface area contributed by atoms with Crippen molar-refractivity contribution in [2.24, 2.45) is 0 Å². The third-order valence-corrected chi connectivity index (χ3v) is 2.52. The van der Waals surface area contributed by atoms with Crippen molar-refractivity contribution in [3.63, 3.8) is 0 Å². The summed E-state index contributed by atoms with van der Waals surface area (Å²) in [5.41, 5.74) is 0. The molecule has 12 heavy (non-hydrogen) atoms. The first-order valence-electron chi connectivity index (χ1n) is 4.44. The summed E-state index contributed by atoms with van der Waals surface area (Å²) in [6.07, 6.45) is 0.0133. The summed E-state index contributed by atoms with van der Waals surface area (Å²) in [5.74, 6) is 0. The van der Waals surface area contributed by atoms with E-state index in [1.807, 2.05) is 0 Å². The first-order chi connectivity index (χ1) is 5.90. The van der Waals surface area contributed by atoms with Crippen LogP contribution in [0.25, 0.3) is 0 Å². The molecule has 2 fully saturated rings. The van der Waals surface area contributed by atoms with Crippen LogP contribution in [0.15, 0.2) is 0 Å². The number of hydrogen-bond donors (Lipinski definition) is 1. The van der Waals surface area contributed by atoms with Crippen LogP contribution in [-0.4, -0.2) is 61.7 Å². The topological polar surface area (TPSA) is 41.9 Å². The largest absolute Gasteiger partial charge is 0.394 e. The second kappa shape index (κ2) is 3.70. The summed E-state index contributed by atoms with van der Waals surface area (Å²) in [7, 11) is 0. The Labute approximate surface area is 72.1 Å². The quantitative estimate of drug-likeness (QED) is 0.557. The molecule has 2 saturated heterocycles. The highest BCUT2D eigenvalue weighted by Crippen LogP contribution is 2.14. The van der Waals surface area contributed by atoms with Crippen LogP contribution in [0.3, 0.4) is 0 Å². The molecule has 0 saturated carbocycles. The highest BCUT2D eigenvalue weighted by Gasteiger charge is 2.30. The maximum atomic E-state index is 8.90. The molecule has 0 aromatic carbocycles. The normalized spacial score (nSPS) is 37.8. The molecule has 2 heterocycles. The highest BCUT2D eigenvalue weighted by atomic mass is 16.5. The maximum Gasteiger partial charge on any atom is 0.0933 e. The van der Waals surface area contributed by atoms with E-state index in [9.17, 15) is 0 Å². The molecule has 2 atom stereocenters. The second-order valence-electron chi connectivity index (χ2n) is 3.36. The number of rotatable bonds is 1. The summed E-state index contributed by atoms with van der Waals surface area (Å²) >= 11 is 0. The van der Waals surface area contributed by atoms with E-state index in [1.54, 1.807) is 0 Å². The third-order valence-electron chi connectivity index (χ3n) is 2.52. The van der Waals surface area contributed by atoms with E-state index in [0.717, 1.165) is 26.3 Å². The summed E-state index contributed by atoms with van der Waals surface area (Å²) in [4.78, 5) is 2.34. The molecule has 4 heteroatoms. The Morgan fingerprint density at radius 2 is 2.33 bits per heavy atom. The van der Waals surface area contributed by atoms with Gasteiger partial charge in [-0.1, -0.05) is 0 Å². The van der Waals surface area contributed by atoms with E-state index in [-0.39, 0.29) is 12.7 Å². The summed E-state index contributed by atoms with van der Waals surface area (Å²) in [5, 5.41) is 8.90. The molecule has 4 nitrogen and oxygen atoms in total. The van der Waals surface area contributed by atoms with Crippen LogP contribution in [0.4, 0.5) is 0 Å². The molecular formula is C8H15NO3. The molecule has 2 aliphatic heterocycles. The Balaban J connectivity index is 1.90. The van der Waals surface area contributed by atoms with Gasteiger partial charge in [0, 0.05) is 13.1 Å². The fraction of sp³-hybridized carbons (Fsp3) is 1.00. The smallest absolute Gasteiger partial charge is 0.0933 e. The number of fused-ring (bicyclic) bond motifs is 1. The van der Waals surface area contributed by atoms with Crippen molar-refractivity contribution in [1.82, 2.24) is 4.90 Å². The van der Waals surface area contributed by atoms with E-state index in [0.29, 0.717) is 12.6 Å². The third kappa shape index (κ3) is 1.61. The van der Waals surface area contributed by atoms with E-state index >= 15 is 0 Å². The van der Waals surface area contributed by atoms with Gasteiger partial charge in [0.15, 0.2) is 0 Å².